The van der Waals surface area contributed by atoms with E-state index in [9.17, 15) is 62.7 Å². The van der Waals surface area contributed by atoms with E-state index in [0.29, 0.717) is 6.42 Å². The fourth-order valence-corrected chi connectivity index (χ4v) is 9.99. The Labute approximate surface area is 386 Å². The first kappa shape index (κ1) is 57.5. The first-order valence-corrected chi connectivity index (χ1v) is 26.8. The number of imidazole rings is 1. The lowest BCUT2D eigenvalue weighted by Crippen LogP contribution is -2.46. The molecule has 0 saturated carbocycles. The van der Waals surface area contributed by atoms with E-state index in [4.69, 9.17) is 10.5 Å². The fourth-order valence-electron chi connectivity index (χ4n) is 6.56. The van der Waals surface area contributed by atoms with Crippen LogP contribution >= 0.6 is 35.2 Å². The van der Waals surface area contributed by atoms with Crippen molar-refractivity contribution >= 4 is 74.9 Å². The minimum absolute atomic E-state index is 0.0257. The van der Waals surface area contributed by atoms with Crippen LogP contribution in [0, 0.1) is 5.41 Å². The van der Waals surface area contributed by atoms with Crippen LogP contribution in [0.5, 0.6) is 0 Å². The summed E-state index contributed by atoms with van der Waals surface area (Å²) in [6.45, 7) is 2.14. The van der Waals surface area contributed by atoms with E-state index in [1.54, 1.807) is 0 Å². The fraction of sp³-hybridized carbons (Fsp3) is 0.757. The summed E-state index contributed by atoms with van der Waals surface area (Å²) < 4.78 is 60.7. The highest BCUT2D eigenvalue weighted by Gasteiger charge is 2.47. The standard InChI is InChI=1S/C37H64N7O18P3S/c1-4-5-6-7-8-9-10-11-12-13-14-15-25(45)20-28(47)66-19-18-39-27(46)16-17-40-35(50)32(49)37(2,3)22-59-65(56,57)62-64(54,55)58-21-26-31(61-63(51,52)53)30(48)36(60-26)44-24-43-29-33(38)41-23-42-34(29)44/h23-24,26,30-32,36,48-49H,4-22H2,1-3H3,(H,39,46)(H,40,50)(H,54,55)(H,56,57)(H2,38,41,42)(H2,51,52,53)/p-4/t26-,30-,31-,32+,36-/m1/s1. The Bertz CT molecular complexity index is 2040. The van der Waals surface area contributed by atoms with Gasteiger partial charge in [-0.15, -0.1) is 0 Å². The zero-order chi connectivity index (χ0) is 49.1. The van der Waals surface area contributed by atoms with Gasteiger partial charge in [-0.1, -0.05) is 96.7 Å². The Balaban J connectivity index is 1.34. The molecule has 66 heavy (non-hydrogen) atoms. The molecule has 0 spiro atoms. The van der Waals surface area contributed by atoms with Gasteiger partial charge in [-0.2, -0.15) is 0 Å². The number of anilines is 1. The van der Waals surface area contributed by atoms with Crippen molar-refractivity contribution < 1.29 is 85.3 Å². The van der Waals surface area contributed by atoms with Crippen molar-refractivity contribution in [1.29, 1.82) is 0 Å². The number of phosphoric ester groups is 3. The highest BCUT2D eigenvalue weighted by atomic mass is 32.2. The highest BCUT2D eigenvalue weighted by Crippen LogP contribution is 2.56. The molecule has 0 aliphatic carbocycles. The molecule has 6 N–H and O–H groups in total. The summed E-state index contributed by atoms with van der Waals surface area (Å²) in [6.07, 6.45) is 5.26. The van der Waals surface area contributed by atoms with Crippen molar-refractivity contribution in [3.05, 3.63) is 12.7 Å². The molecule has 1 aliphatic rings. The number of aliphatic hydroxyl groups excluding tert-OH is 2. The summed E-state index contributed by atoms with van der Waals surface area (Å²) >= 11 is 0.926. The van der Waals surface area contributed by atoms with Crippen molar-refractivity contribution in [3.8, 4) is 0 Å². The number of amides is 2. The van der Waals surface area contributed by atoms with Crippen LogP contribution in [0.3, 0.4) is 0 Å². The van der Waals surface area contributed by atoms with Crippen LogP contribution in [-0.4, -0.2) is 109 Å². The number of fused-ring (bicyclic) bond motifs is 1. The van der Waals surface area contributed by atoms with E-state index in [-0.39, 0.29) is 59.6 Å². The van der Waals surface area contributed by atoms with E-state index in [0.717, 1.165) is 54.7 Å². The number of nitrogens with one attached hydrogen (secondary N) is 2. The Morgan fingerprint density at radius 3 is 2.17 bits per heavy atom. The molecule has 7 atom stereocenters. The maximum Gasteiger partial charge on any atom is 0.274 e. The van der Waals surface area contributed by atoms with E-state index in [1.165, 1.54) is 58.8 Å². The summed E-state index contributed by atoms with van der Waals surface area (Å²) in [5, 5.41) is 26.0. The smallest absolute Gasteiger partial charge is 0.274 e. The molecule has 2 unspecified atom stereocenters. The predicted molar refractivity (Wildman–Crippen MR) is 229 cm³/mol. The molecule has 2 amide bonds. The largest absolute Gasteiger partial charge is 0.790 e. The highest BCUT2D eigenvalue weighted by molar-refractivity contribution is 8.13. The van der Waals surface area contributed by atoms with E-state index in [2.05, 4.69) is 50.4 Å². The molecule has 29 heteroatoms. The number of hydrogen-bond acceptors (Lipinski definition) is 23. The number of Topliss-reactive ketones (excluding diaryl/α,β-unsaturated/α-hetero) is 1. The predicted octanol–water partition coefficient (Wildman–Crippen LogP) is 0.797. The number of ketones is 1. The van der Waals surface area contributed by atoms with E-state index in [1.807, 2.05) is 0 Å². The van der Waals surface area contributed by atoms with Gasteiger partial charge in [-0.05, 0) is 6.42 Å². The number of rotatable bonds is 33. The SMILES string of the molecule is CCCCCCCCCCCCCC(=O)CC(=O)SCCNC(=O)CCNC(=O)[C@H](O)C(C)(C)COP(=O)([O-])OP(=O)([O-])OC[C@H]1O[C@@H](n2cnc3c(N)ncnc32)[C@H](O)[C@@H]1OP(=O)([O-])[O-]. The molecule has 1 saturated heterocycles. The monoisotopic (exact) mass is 1020 g/mol. The van der Waals surface area contributed by atoms with Gasteiger partial charge >= 0.3 is 0 Å². The molecule has 376 valence electrons. The van der Waals surface area contributed by atoms with Gasteiger partial charge in [0.1, 0.15) is 42.0 Å². The molecular formula is C37H60N7O18P3S-4. The summed E-state index contributed by atoms with van der Waals surface area (Å²) in [6, 6.07) is 0. The molecule has 0 bridgehead atoms. The lowest BCUT2D eigenvalue weighted by Gasteiger charge is -2.36. The topological polar surface area (TPSA) is 392 Å². The van der Waals surface area contributed by atoms with Crippen molar-refractivity contribution in [2.75, 3.05) is 37.8 Å². The maximum atomic E-state index is 12.6. The first-order valence-electron chi connectivity index (χ1n) is 21.4. The number of phosphoric acid groups is 3. The second-order valence-electron chi connectivity index (χ2n) is 16.2. The summed E-state index contributed by atoms with van der Waals surface area (Å²) in [4.78, 5) is 109. The van der Waals surface area contributed by atoms with Crippen LogP contribution in [0.2, 0.25) is 0 Å². The first-order chi connectivity index (χ1) is 30.9. The molecule has 3 heterocycles. The molecule has 2 aromatic heterocycles. The van der Waals surface area contributed by atoms with Gasteiger partial charge in [-0.25, -0.2) is 19.3 Å². The number of aromatic nitrogens is 4. The molecule has 0 radical (unpaired) electrons. The second-order valence-corrected chi connectivity index (χ2v) is 21.4. The summed E-state index contributed by atoms with van der Waals surface area (Å²) in [5.74, 6) is -1.51. The van der Waals surface area contributed by atoms with Crippen LogP contribution in [0.4, 0.5) is 5.82 Å². The molecule has 2 aromatic rings. The van der Waals surface area contributed by atoms with Gasteiger partial charge in [0.05, 0.1) is 33.8 Å². The third kappa shape index (κ3) is 20.4. The molecule has 1 aliphatic heterocycles. The lowest BCUT2D eigenvalue weighted by molar-refractivity contribution is -0.347. The number of nitrogen functional groups attached to an aromatic ring is 1. The van der Waals surface area contributed by atoms with Gasteiger partial charge in [0.2, 0.25) is 11.8 Å². The third-order valence-corrected chi connectivity index (χ3v) is 14.0. The van der Waals surface area contributed by atoms with E-state index >= 15 is 0 Å². The minimum Gasteiger partial charge on any atom is -0.790 e. The molecule has 0 aromatic carbocycles. The van der Waals surface area contributed by atoms with Crippen LogP contribution in [0.25, 0.3) is 11.2 Å². The van der Waals surface area contributed by atoms with Crippen molar-refractivity contribution in [3.63, 3.8) is 0 Å². The number of ether oxygens (including phenoxy) is 1. The lowest BCUT2D eigenvalue weighted by atomic mass is 9.87. The average molecular weight is 1020 g/mol. The van der Waals surface area contributed by atoms with Gasteiger partial charge in [0.25, 0.3) is 15.6 Å². The molecule has 3 rings (SSSR count). The number of aliphatic hydroxyl groups is 2. The van der Waals surface area contributed by atoms with Crippen LogP contribution < -0.4 is 35.9 Å². The molecule has 1 fully saturated rings. The average Bonchev–Trinajstić information content (AvgIpc) is 3.79. The van der Waals surface area contributed by atoms with Crippen LogP contribution in [0.15, 0.2) is 12.7 Å². The summed E-state index contributed by atoms with van der Waals surface area (Å²) in [5.41, 5.74) is 4.05. The number of nitrogens with two attached hydrogens (primary N) is 1. The third-order valence-electron chi connectivity index (χ3n) is 10.1. The number of hydrogen-bond donors (Lipinski definition) is 5. The van der Waals surface area contributed by atoms with Crippen LogP contribution in [-0.2, 0) is 55.5 Å². The quantitative estimate of drug-likeness (QED) is 0.0375. The van der Waals surface area contributed by atoms with E-state index < -0.39 is 84.6 Å². The van der Waals surface area contributed by atoms with Crippen molar-refractivity contribution in [2.45, 2.75) is 141 Å². The van der Waals surface area contributed by atoms with Gasteiger partial charge in [-0.3, -0.25) is 32.9 Å². The minimum atomic E-state index is -5.93. The van der Waals surface area contributed by atoms with Crippen LogP contribution in [0.1, 0.15) is 117 Å². The number of unbranched alkanes of at least 4 members (excludes halogenated alkanes) is 10. The Hall–Kier alpha value is -2.77. The maximum absolute atomic E-state index is 12.6. The van der Waals surface area contributed by atoms with Gasteiger partial charge in [0.15, 0.2) is 22.8 Å². The van der Waals surface area contributed by atoms with Gasteiger partial charge < -0.3 is 69.0 Å². The zero-order valence-corrected chi connectivity index (χ0v) is 40.5. The zero-order valence-electron chi connectivity index (χ0n) is 37.0. The second kappa shape index (κ2) is 27.4. The number of carbonyl (C=O) groups excluding carboxylic acids is 4. The Kier molecular flexibility index (Phi) is 23.9. The van der Waals surface area contributed by atoms with Gasteiger partial charge in [0, 0.05) is 37.1 Å². The number of carbonyl (C=O) groups is 4. The Morgan fingerprint density at radius 2 is 1.53 bits per heavy atom. The number of nitrogens with zero attached hydrogens (tertiary/aromatic N) is 4. The summed E-state index contributed by atoms with van der Waals surface area (Å²) in [7, 11) is -17.6. The van der Waals surface area contributed by atoms with Crippen molar-refractivity contribution in [1.82, 2.24) is 30.2 Å². The Morgan fingerprint density at radius 1 is 0.909 bits per heavy atom. The molecule has 25 nitrogen and oxygen atoms in total. The normalized spacial score (nSPS) is 20.1. The molecular weight excluding hydrogens is 955 g/mol. The number of thioether (sulfide) groups is 1. The van der Waals surface area contributed by atoms with Crippen molar-refractivity contribution in [2.24, 2.45) is 5.41 Å².